The second-order valence-electron chi connectivity index (χ2n) is 6.16. The molecule has 1 fully saturated rings. The third-order valence-corrected chi connectivity index (χ3v) is 4.16. The fourth-order valence-corrected chi connectivity index (χ4v) is 2.99. The summed E-state index contributed by atoms with van der Waals surface area (Å²) in [6, 6.07) is 11.4. The molecule has 2 aromatic carbocycles. The molecule has 1 saturated heterocycles. The summed E-state index contributed by atoms with van der Waals surface area (Å²) < 4.78 is 14.0. The second-order valence-corrected chi connectivity index (χ2v) is 6.16. The monoisotopic (exact) mass is 341 g/mol. The first kappa shape index (κ1) is 17.0. The zero-order valence-electron chi connectivity index (χ0n) is 14.2. The predicted molar refractivity (Wildman–Crippen MR) is 96.3 cm³/mol. The molecule has 0 unspecified atom stereocenters. The van der Waals surface area contributed by atoms with E-state index in [1.54, 1.807) is 24.3 Å². The Balaban J connectivity index is 1.81. The van der Waals surface area contributed by atoms with Crippen LogP contribution in [0.15, 0.2) is 42.5 Å². The summed E-state index contributed by atoms with van der Waals surface area (Å²) >= 11 is 0. The van der Waals surface area contributed by atoms with E-state index in [2.05, 4.69) is 10.6 Å². The fourth-order valence-electron chi connectivity index (χ4n) is 2.99. The lowest BCUT2D eigenvalue weighted by atomic mass is 10.1. The molecule has 0 saturated carbocycles. The number of para-hydroxylation sites is 1. The van der Waals surface area contributed by atoms with Crippen LogP contribution in [0.1, 0.15) is 18.9 Å². The van der Waals surface area contributed by atoms with Crippen molar-refractivity contribution in [3.63, 3.8) is 0 Å². The summed E-state index contributed by atoms with van der Waals surface area (Å²) in [5.41, 5.74) is 2.61. The van der Waals surface area contributed by atoms with E-state index in [4.69, 9.17) is 0 Å². The van der Waals surface area contributed by atoms with E-state index in [0.29, 0.717) is 30.0 Å². The van der Waals surface area contributed by atoms with Gasteiger partial charge in [0.05, 0.1) is 17.1 Å². The number of nitrogens with one attached hydrogen (secondary N) is 2. The van der Waals surface area contributed by atoms with Gasteiger partial charge in [0.2, 0.25) is 11.8 Å². The smallest absolute Gasteiger partial charge is 0.249 e. The SMILES string of the molecule is CC(=O)Nc1ccc(C)cc1N[C@H]1CCN(c2ccccc2F)C1=O. The highest BCUT2D eigenvalue weighted by atomic mass is 19.1. The first-order valence-electron chi connectivity index (χ1n) is 8.16. The lowest BCUT2D eigenvalue weighted by Crippen LogP contribution is -2.34. The first-order valence-corrected chi connectivity index (χ1v) is 8.16. The minimum atomic E-state index is -0.464. The summed E-state index contributed by atoms with van der Waals surface area (Å²) in [6.07, 6.45) is 0.556. The molecular formula is C19H20FN3O2. The molecule has 6 heteroatoms. The van der Waals surface area contributed by atoms with Gasteiger partial charge in [0.25, 0.3) is 0 Å². The lowest BCUT2D eigenvalue weighted by molar-refractivity contribution is -0.117. The number of hydrogen-bond donors (Lipinski definition) is 2. The van der Waals surface area contributed by atoms with Gasteiger partial charge in [-0.25, -0.2) is 4.39 Å². The number of carbonyl (C=O) groups is 2. The Kier molecular flexibility index (Phi) is 4.70. The summed E-state index contributed by atoms with van der Waals surface area (Å²) in [4.78, 5) is 25.5. The van der Waals surface area contributed by atoms with E-state index in [1.807, 2.05) is 19.1 Å². The van der Waals surface area contributed by atoms with Gasteiger partial charge >= 0.3 is 0 Å². The van der Waals surface area contributed by atoms with Crippen LogP contribution in [-0.4, -0.2) is 24.4 Å². The number of amides is 2. The van der Waals surface area contributed by atoms with Crippen LogP contribution in [0.4, 0.5) is 21.5 Å². The zero-order valence-corrected chi connectivity index (χ0v) is 14.2. The van der Waals surface area contributed by atoms with E-state index in [1.165, 1.54) is 17.9 Å². The van der Waals surface area contributed by atoms with Crippen molar-refractivity contribution in [2.75, 3.05) is 22.1 Å². The molecule has 0 radical (unpaired) electrons. The van der Waals surface area contributed by atoms with Crippen LogP contribution >= 0.6 is 0 Å². The van der Waals surface area contributed by atoms with E-state index in [-0.39, 0.29) is 11.8 Å². The molecule has 5 nitrogen and oxygen atoms in total. The molecule has 25 heavy (non-hydrogen) atoms. The number of rotatable bonds is 4. The van der Waals surface area contributed by atoms with Crippen molar-refractivity contribution in [1.29, 1.82) is 0 Å². The van der Waals surface area contributed by atoms with Gasteiger partial charge in [0.1, 0.15) is 11.9 Å². The average molecular weight is 341 g/mol. The standard InChI is InChI=1S/C19H20FN3O2/c1-12-7-8-15(21-13(2)24)17(11-12)22-16-9-10-23(19(16)25)18-6-4-3-5-14(18)20/h3-8,11,16,22H,9-10H2,1-2H3,(H,21,24)/t16-/m0/s1. The van der Waals surface area contributed by atoms with Gasteiger partial charge in [-0.15, -0.1) is 0 Å². The van der Waals surface area contributed by atoms with Crippen LogP contribution in [0.5, 0.6) is 0 Å². The second kappa shape index (κ2) is 6.93. The predicted octanol–water partition coefficient (Wildman–Crippen LogP) is 3.31. The van der Waals surface area contributed by atoms with E-state index in [0.717, 1.165) is 5.56 Å². The minimum Gasteiger partial charge on any atom is -0.372 e. The van der Waals surface area contributed by atoms with Crippen LogP contribution in [0.25, 0.3) is 0 Å². The highest BCUT2D eigenvalue weighted by molar-refractivity contribution is 6.02. The highest BCUT2D eigenvalue weighted by Gasteiger charge is 2.34. The lowest BCUT2D eigenvalue weighted by Gasteiger charge is -2.19. The van der Waals surface area contributed by atoms with Gasteiger partial charge in [-0.1, -0.05) is 18.2 Å². The Morgan fingerprint density at radius 3 is 2.68 bits per heavy atom. The maximum Gasteiger partial charge on any atom is 0.249 e. The third kappa shape index (κ3) is 3.63. The Morgan fingerprint density at radius 1 is 1.20 bits per heavy atom. The largest absolute Gasteiger partial charge is 0.372 e. The normalized spacial score (nSPS) is 16.8. The molecule has 0 bridgehead atoms. The summed E-state index contributed by atoms with van der Waals surface area (Å²) in [5.74, 6) is -0.774. The number of carbonyl (C=O) groups excluding carboxylic acids is 2. The first-order chi connectivity index (χ1) is 12.0. The van der Waals surface area contributed by atoms with Crippen LogP contribution in [-0.2, 0) is 9.59 Å². The van der Waals surface area contributed by atoms with E-state index < -0.39 is 11.9 Å². The maximum absolute atomic E-state index is 14.0. The molecule has 130 valence electrons. The summed E-state index contributed by atoms with van der Waals surface area (Å²) in [5, 5.41) is 5.95. The number of hydrogen-bond acceptors (Lipinski definition) is 3. The topological polar surface area (TPSA) is 61.4 Å². The quantitative estimate of drug-likeness (QED) is 0.897. The minimum absolute atomic E-state index is 0.180. The molecular weight excluding hydrogens is 321 g/mol. The molecule has 1 aliphatic rings. The van der Waals surface area contributed by atoms with Crippen LogP contribution < -0.4 is 15.5 Å². The Bertz CT molecular complexity index is 822. The molecule has 1 atom stereocenters. The van der Waals surface area contributed by atoms with Crippen molar-refractivity contribution in [1.82, 2.24) is 0 Å². The Hall–Kier alpha value is -2.89. The molecule has 0 aromatic heterocycles. The Labute approximate surface area is 145 Å². The Morgan fingerprint density at radius 2 is 1.96 bits per heavy atom. The van der Waals surface area contributed by atoms with Crippen LogP contribution in [0, 0.1) is 12.7 Å². The summed E-state index contributed by atoms with van der Waals surface area (Å²) in [6.45, 7) is 3.81. The molecule has 1 heterocycles. The molecule has 0 spiro atoms. The van der Waals surface area contributed by atoms with Crippen molar-refractivity contribution in [3.05, 3.63) is 53.8 Å². The molecule has 0 aliphatic carbocycles. The van der Waals surface area contributed by atoms with Gasteiger partial charge in [-0.2, -0.15) is 0 Å². The van der Waals surface area contributed by atoms with Gasteiger partial charge in [-0.3, -0.25) is 9.59 Å². The van der Waals surface area contributed by atoms with Gasteiger partial charge < -0.3 is 15.5 Å². The number of nitrogens with zero attached hydrogens (tertiary/aromatic N) is 1. The number of halogens is 1. The average Bonchev–Trinajstić information content (AvgIpc) is 2.91. The maximum atomic E-state index is 14.0. The van der Waals surface area contributed by atoms with Gasteiger partial charge in [0.15, 0.2) is 0 Å². The molecule has 1 aliphatic heterocycles. The van der Waals surface area contributed by atoms with Gasteiger partial charge in [-0.05, 0) is 43.2 Å². The third-order valence-electron chi connectivity index (χ3n) is 4.16. The van der Waals surface area contributed by atoms with Crippen LogP contribution in [0.2, 0.25) is 0 Å². The van der Waals surface area contributed by atoms with E-state index >= 15 is 0 Å². The number of benzene rings is 2. The van der Waals surface area contributed by atoms with Crippen molar-refractivity contribution in [2.24, 2.45) is 0 Å². The van der Waals surface area contributed by atoms with Crippen molar-refractivity contribution >= 4 is 28.9 Å². The van der Waals surface area contributed by atoms with Crippen molar-refractivity contribution < 1.29 is 14.0 Å². The number of anilines is 3. The van der Waals surface area contributed by atoms with Gasteiger partial charge in [0, 0.05) is 13.5 Å². The summed E-state index contributed by atoms with van der Waals surface area (Å²) in [7, 11) is 0. The molecule has 2 aromatic rings. The van der Waals surface area contributed by atoms with Crippen LogP contribution in [0.3, 0.4) is 0 Å². The van der Waals surface area contributed by atoms with E-state index in [9.17, 15) is 14.0 Å². The number of aryl methyl sites for hydroxylation is 1. The molecule has 3 rings (SSSR count). The fraction of sp³-hybridized carbons (Fsp3) is 0.263. The molecule has 2 amide bonds. The molecule has 2 N–H and O–H groups in total. The van der Waals surface area contributed by atoms with Crippen molar-refractivity contribution in [3.8, 4) is 0 Å². The highest BCUT2D eigenvalue weighted by Crippen LogP contribution is 2.29. The van der Waals surface area contributed by atoms with Crippen molar-refractivity contribution in [2.45, 2.75) is 26.3 Å². The zero-order chi connectivity index (χ0) is 18.0.